The van der Waals surface area contributed by atoms with Crippen LogP contribution in [0.2, 0.25) is 0 Å². The molecule has 2 fully saturated rings. The molecule has 0 N–H and O–H groups in total. The average Bonchev–Trinajstić information content (AvgIpc) is 0.823. The minimum atomic E-state index is 0. The van der Waals surface area contributed by atoms with Gasteiger partial charge in [-0.2, -0.15) is 30.5 Å². The fourth-order valence-corrected chi connectivity index (χ4v) is 12.5. The molecule has 102 heavy (non-hydrogen) atoms. The summed E-state index contributed by atoms with van der Waals surface area (Å²) in [6.45, 7) is 19.5. The Hall–Kier alpha value is -8.70. The minimum Gasteiger partial charge on any atom is -0.381 e. The van der Waals surface area contributed by atoms with Crippen LogP contribution >= 0.6 is 15.9 Å². The van der Waals surface area contributed by atoms with Crippen LogP contribution in [0.25, 0.3) is 88.1 Å². The molecule has 0 radical (unpaired) electrons. The third-order valence-corrected chi connectivity index (χ3v) is 18.5. The molecule has 6 heterocycles. The summed E-state index contributed by atoms with van der Waals surface area (Å²) in [5.41, 5.74) is 20.5. The van der Waals surface area contributed by atoms with E-state index in [2.05, 4.69) is 317 Å². The fraction of sp³-hybridized carbons (Fsp3) is 0.204. The number of aromatic nitrogens is 4. The number of pyridine rings is 4. The standard InChI is InChI=1S/C40H32N2.C24H16N2.C8H9Br.C8H9.C5H10O.C4H8O.C4H9.2Li/c1-27(29-15-7-3-8-16-29)37-25-35(31-19-11-5-12-20-31)33-23-24-34-36(32-21-13-6-14-22-32)26-38(42-40(34)39(33)41-37)28(2)30-17-9-4-10-18-30;1-3-7-17(8-4-1)19-13-15-25-23-21(19)11-12-22-20(14-16-26-24(22)23)18-9-5-2-6-10-18;1-7(9)8-5-3-2-4-6-8;1-2-8-6-4-3-5-7-8;1-5-3-2-4-6-5;1-2-4-5-3-1;1-3-4-2;;/h3-28H,1-2H3;1-16H;2-7H,1H3;2-7H,1H3;5H,2-4H2,1H3;1-4H2;1,3-4H2,2H3;;/q;;;-1;;;-1;2*+1. The number of benzene rings is 10. The molecule has 14 aromatic rings. The second-order valence-electron chi connectivity index (χ2n) is 25.1. The van der Waals surface area contributed by atoms with Crippen molar-refractivity contribution in [3.8, 4) is 44.5 Å². The third kappa shape index (κ3) is 21.9. The van der Waals surface area contributed by atoms with Crippen molar-refractivity contribution >= 4 is 59.5 Å². The zero-order valence-electron chi connectivity index (χ0n) is 60.8. The first kappa shape index (κ1) is 79.0. The molecule has 6 nitrogen and oxygen atoms in total. The van der Waals surface area contributed by atoms with Crippen LogP contribution in [0, 0.1) is 13.3 Å². The minimum absolute atomic E-state index is 0. The van der Waals surface area contributed by atoms with E-state index in [4.69, 9.17) is 19.4 Å². The van der Waals surface area contributed by atoms with E-state index in [-0.39, 0.29) is 49.6 Å². The Bertz CT molecular complexity index is 4450. The molecule has 0 aliphatic carbocycles. The molecule has 9 heteroatoms. The summed E-state index contributed by atoms with van der Waals surface area (Å²) in [5.74, 6) is 0.265. The van der Waals surface area contributed by atoms with E-state index in [1.165, 1.54) is 98.9 Å². The summed E-state index contributed by atoms with van der Waals surface area (Å²) in [4.78, 5) is 20.6. The fourth-order valence-electron chi connectivity index (χ4n) is 12.2. The summed E-state index contributed by atoms with van der Waals surface area (Å²) >= 11 is 3.48. The van der Waals surface area contributed by atoms with Gasteiger partial charge < -0.3 is 16.4 Å². The monoisotopic (exact) mass is 1390 g/mol. The van der Waals surface area contributed by atoms with Gasteiger partial charge in [0.2, 0.25) is 0 Å². The number of nitrogens with zero attached hydrogens (tertiary/aromatic N) is 4. The molecule has 4 atom stereocenters. The molecular weight excluding hydrogens is 1300 g/mol. The number of hydrogen-bond acceptors (Lipinski definition) is 6. The maximum absolute atomic E-state index is 5.41. The molecule has 506 valence electrons. The summed E-state index contributed by atoms with van der Waals surface area (Å²) < 4.78 is 10.1. The van der Waals surface area contributed by atoms with E-state index >= 15 is 0 Å². The molecule has 2 aliphatic heterocycles. The van der Waals surface area contributed by atoms with Crippen molar-refractivity contribution in [3.63, 3.8) is 0 Å². The van der Waals surface area contributed by atoms with Crippen molar-refractivity contribution < 1.29 is 47.2 Å². The number of halogens is 1. The van der Waals surface area contributed by atoms with Crippen LogP contribution in [0.1, 0.15) is 130 Å². The van der Waals surface area contributed by atoms with E-state index in [9.17, 15) is 0 Å². The van der Waals surface area contributed by atoms with Crippen molar-refractivity contribution in [1.82, 2.24) is 19.9 Å². The number of ether oxygens (including phenoxy) is 2. The van der Waals surface area contributed by atoms with E-state index in [0.717, 1.165) is 81.2 Å². The van der Waals surface area contributed by atoms with Gasteiger partial charge in [-0.3, -0.25) is 9.97 Å². The summed E-state index contributed by atoms with van der Waals surface area (Å²) in [5, 5.41) is 4.50. The van der Waals surface area contributed by atoms with Crippen molar-refractivity contribution in [2.45, 2.75) is 103 Å². The van der Waals surface area contributed by atoms with Gasteiger partial charge in [0.25, 0.3) is 0 Å². The Morgan fingerprint density at radius 2 is 0.745 bits per heavy atom. The first-order chi connectivity index (χ1) is 49.1. The van der Waals surface area contributed by atoms with Gasteiger partial charge in [-0.15, -0.1) is 12.1 Å². The Morgan fingerprint density at radius 3 is 1.01 bits per heavy atom. The van der Waals surface area contributed by atoms with E-state index in [1.54, 1.807) is 0 Å². The van der Waals surface area contributed by atoms with E-state index < -0.39 is 0 Å². The average molecular weight is 1390 g/mol. The largest absolute Gasteiger partial charge is 1.00 e. The number of rotatable bonds is 11. The second kappa shape index (κ2) is 42.0. The molecule has 2 saturated heterocycles. The summed E-state index contributed by atoms with van der Waals surface area (Å²) in [7, 11) is 0. The molecule has 0 spiro atoms. The number of fused-ring (bicyclic) bond motifs is 6. The SMILES string of the molecule is C1CCOC1.CC(Br)c1ccccc1.CC(c1ccccc1)c1cc(-c2ccccc2)c2ccc3c(-c4ccccc4)cc(C(C)c4ccccc4)nc3c2n1.CC1CCCO1.C[CH-]c1ccccc1.[CH2-]CCC.[Li+].[Li+].c1ccc(-c2ccnc3c2ccc2c(-c4ccccc4)ccnc23)cc1. The second-order valence-corrected chi connectivity index (χ2v) is 26.4. The number of alkyl halides is 1. The Balaban J connectivity index is 0.000000184. The van der Waals surface area contributed by atoms with E-state index in [0.29, 0.717) is 10.9 Å². The molecule has 0 amide bonds. The van der Waals surface area contributed by atoms with Gasteiger partial charge in [-0.1, -0.05) is 293 Å². The van der Waals surface area contributed by atoms with Gasteiger partial charge in [0.05, 0.1) is 28.2 Å². The topological polar surface area (TPSA) is 70.0 Å². The predicted molar refractivity (Wildman–Crippen MR) is 428 cm³/mol. The van der Waals surface area contributed by atoms with Gasteiger partial charge in [0.15, 0.2) is 0 Å². The van der Waals surface area contributed by atoms with Crippen LogP contribution < -0.4 is 37.7 Å². The molecule has 4 aromatic heterocycles. The van der Waals surface area contributed by atoms with Crippen molar-refractivity contribution in [2.24, 2.45) is 0 Å². The quantitative estimate of drug-likeness (QED) is 0.0556. The maximum atomic E-state index is 5.41. The smallest absolute Gasteiger partial charge is 0.381 e. The van der Waals surface area contributed by atoms with Gasteiger partial charge >= 0.3 is 37.7 Å². The van der Waals surface area contributed by atoms with Crippen LogP contribution in [0.5, 0.6) is 0 Å². The molecule has 4 unspecified atom stereocenters. The summed E-state index contributed by atoms with van der Waals surface area (Å²) in [6, 6.07) is 102. The molecule has 16 rings (SSSR count). The van der Waals surface area contributed by atoms with Crippen molar-refractivity contribution in [3.05, 3.63) is 351 Å². The van der Waals surface area contributed by atoms with Crippen molar-refractivity contribution in [1.29, 1.82) is 0 Å². The first-order valence-electron chi connectivity index (χ1n) is 35.4. The van der Waals surface area contributed by atoms with Crippen LogP contribution in [0.15, 0.2) is 304 Å². The predicted octanol–water partition coefficient (Wildman–Crippen LogP) is 19.5. The summed E-state index contributed by atoms with van der Waals surface area (Å²) in [6.07, 6.45) is 13.7. The van der Waals surface area contributed by atoms with E-state index in [1.807, 2.05) is 67.8 Å². The zero-order valence-corrected chi connectivity index (χ0v) is 62.4. The van der Waals surface area contributed by atoms with Gasteiger partial charge in [0.1, 0.15) is 0 Å². The Morgan fingerprint density at radius 1 is 0.422 bits per heavy atom. The molecule has 0 saturated carbocycles. The Labute approximate surface area is 639 Å². The van der Waals surface area contributed by atoms with Gasteiger partial charge in [0, 0.05) is 81.8 Å². The third-order valence-electron chi connectivity index (χ3n) is 18.0. The molecule has 2 aliphatic rings. The number of hydrogen-bond donors (Lipinski definition) is 0. The van der Waals surface area contributed by atoms with Gasteiger partial charge in [-0.05, 0) is 125 Å². The van der Waals surface area contributed by atoms with Gasteiger partial charge in [-0.25, -0.2) is 9.97 Å². The molecule has 0 bridgehead atoms. The molecular formula is C93H93BrLi2N4O2. The first-order valence-corrected chi connectivity index (χ1v) is 36.3. The van der Waals surface area contributed by atoms with Crippen LogP contribution in [0.3, 0.4) is 0 Å². The molecule has 10 aromatic carbocycles. The number of unbranched alkanes of at least 4 members (excludes halogenated alkanes) is 1. The zero-order chi connectivity index (χ0) is 69.7. The van der Waals surface area contributed by atoms with Crippen LogP contribution in [-0.2, 0) is 9.47 Å². The van der Waals surface area contributed by atoms with Crippen LogP contribution in [0.4, 0.5) is 0 Å². The van der Waals surface area contributed by atoms with Crippen molar-refractivity contribution in [2.75, 3.05) is 19.8 Å². The normalized spacial score (nSPS) is 13.4. The Kier molecular flexibility index (Phi) is 32.6. The maximum Gasteiger partial charge on any atom is 1.00 e. The van der Waals surface area contributed by atoms with Crippen LogP contribution in [-0.4, -0.2) is 45.9 Å².